The van der Waals surface area contributed by atoms with Crippen molar-refractivity contribution in [1.29, 1.82) is 0 Å². The van der Waals surface area contributed by atoms with Gasteiger partial charge in [-0.3, -0.25) is 4.79 Å². The summed E-state index contributed by atoms with van der Waals surface area (Å²) in [5.74, 6) is -0.0443. The quantitative estimate of drug-likeness (QED) is 0.810. The molecule has 1 fully saturated rings. The summed E-state index contributed by atoms with van der Waals surface area (Å²) >= 11 is 0. The first-order valence-corrected chi connectivity index (χ1v) is 7.12. The van der Waals surface area contributed by atoms with Gasteiger partial charge in [0, 0.05) is 31.2 Å². The maximum atomic E-state index is 11.9. The lowest BCUT2D eigenvalue weighted by atomic mass is 10.1. The van der Waals surface area contributed by atoms with Gasteiger partial charge in [-0.25, -0.2) is 0 Å². The first-order valence-electron chi connectivity index (χ1n) is 7.12. The van der Waals surface area contributed by atoms with Crippen LogP contribution in [0.15, 0.2) is 18.2 Å². The molecule has 1 aromatic rings. The molecule has 2 rings (SSSR count). The monoisotopic (exact) mass is 276 g/mol. The third kappa shape index (κ3) is 3.04. The highest BCUT2D eigenvalue weighted by Crippen LogP contribution is 2.28. The van der Waals surface area contributed by atoms with Gasteiger partial charge in [-0.2, -0.15) is 0 Å². The molecule has 5 heteroatoms. The molecule has 1 aliphatic rings. The molecule has 0 saturated carbocycles. The molecule has 0 aliphatic carbocycles. The van der Waals surface area contributed by atoms with Crippen LogP contribution >= 0.6 is 0 Å². The van der Waals surface area contributed by atoms with Crippen molar-refractivity contribution in [3.63, 3.8) is 0 Å². The highest BCUT2D eigenvalue weighted by molar-refractivity contribution is 5.96. The lowest BCUT2D eigenvalue weighted by molar-refractivity contribution is 0.0956. The van der Waals surface area contributed by atoms with Crippen LogP contribution in [0, 0.1) is 0 Å². The van der Waals surface area contributed by atoms with Crippen LogP contribution in [0.5, 0.6) is 0 Å². The van der Waals surface area contributed by atoms with E-state index in [-0.39, 0.29) is 5.91 Å². The Morgan fingerprint density at radius 2 is 2.25 bits per heavy atom. The number of carbonyl (C=O) groups is 1. The van der Waals surface area contributed by atoms with Crippen LogP contribution in [-0.2, 0) is 0 Å². The Labute approximate surface area is 120 Å². The van der Waals surface area contributed by atoms with Gasteiger partial charge in [0.05, 0.1) is 11.4 Å². The van der Waals surface area contributed by atoms with Crippen molar-refractivity contribution in [2.75, 3.05) is 44.4 Å². The maximum absolute atomic E-state index is 11.9. The minimum atomic E-state index is -0.0443. The van der Waals surface area contributed by atoms with Crippen molar-refractivity contribution in [3.05, 3.63) is 23.8 Å². The zero-order valence-corrected chi connectivity index (χ0v) is 12.5. The average molecular weight is 276 g/mol. The van der Waals surface area contributed by atoms with Gasteiger partial charge in [0.1, 0.15) is 0 Å². The second-order valence-corrected chi connectivity index (χ2v) is 5.49. The molecule has 1 aliphatic heterocycles. The lowest BCUT2D eigenvalue weighted by Gasteiger charge is -2.23. The molecule has 1 heterocycles. The number of amides is 1. The molecule has 0 spiro atoms. The predicted molar refractivity (Wildman–Crippen MR) is 83.2 cm³/mol. The second kappa shape index (κ2) is 6.13. The Hall–Kier alpha value is -1.75. The topological polar surface area (TPSA) is 61.6 Å². The smallest absolute Gasteiger partial charge is 0.251 e. The Morgan fingerprint density at radius 1 is 1.50 bits per heavy atom. The number of carbonyl (C=O) groups excluding carboxylic acids is 1. The van der Waals surface area contributed by atoms with Gasteiger partial charge in [0.15, 0.2) is 0 Å². The van der Waals surface area contributed by atoms with Crippen LogP contribution in [0.1, 0.15) is 23.7 Å². The van der Waals surface area contributed by atoms with Crippen molar-refractivity contribution in [2.24, 2.45) is 0 Å². The van der Waals surface area contributed by atoms with E-state index in [1.807, 2.05) is 19.1 Å². The molecule has 5 nitrogen and oxygen atoms in total. The first-order chi connectivity index (χ1) is 9.52. The molecule has 1 amide bonds. The predicted octanol–water partition coefficient (Wildman–Crippen LogP) is 1.16. The molecule has 1 saturated heterocycles. The fraction of sp³-hybridized carbons (Fsp3) is 0.533. The van der Waals surface area contributed by atoms with Gasteiger partial charge >= 0.3 is 0 Å². The molecule has 3 N–H and O–H groups in total. The Kier molecular flexibility index (Phi) is 4.49. The van der Waals surface area contributed by atoms with E-state index in [0.29, 0.717) is 18.2 Å². The third-order valence-corrected chi connectivity index (χ3v) is 3.86. The van der Waals surface area contributed by atoms with E-state index < -0.39 is 0 Å². The number of benzene rings is 1. The molecular formula is C15H24N4O. The number of hydrogen-bond donors (Lipinski definition) is 2. The summed E-state index contributed by atoms with van der Waals surface area (Å²) in [6.07, 6.45) is 1.12. The van der Waals surface area contributed by atoms with E-state index in [1.165, 1.54) is 0 Å². The summed E-state index contributed by atoms with van der Waals surface area (Å²) in [5, 5.41) is 2.82. The summed E-state index contributed by atoms with van der Waals surface area (Å²) in [6, 6.07) is 6.05. The summed E-state index contributed by atoms with van der Waals surface area (Å²) in [7, 11) is 4.20. The van der Waals surface area contributed by atoms with Gasteiger partial charge in [-0.15, -0.1) is 0 Å². The molecule has 0 bridgehead atoms. The molecule has 110 valence electrons. The fourth-order valence-corrected chi connectivity index (χ4v) is 2.60. The van der Waals surface area contributed by atoms with Crippen LogP contribution in [0.3, 0.4) is 0 Å². The van der Waals surface area contributed by atoms with Crippen LogP contribution in [0.4, 0.5) is 11.4 Å². The highest BCUT2D eigenvalue weighted by atomic mass is 16.1. The number of nitrogens with two attached hydrogens (primary N) is 1. The lowest BCUT2D eigenvalue weighted by Crippen LogP contribution is -2.31. The Balaban J connectivity index is 2.19. The SMILES string of the molecule is CCNC(=O)c1ccc(N)c(N2CCC(N(C)C)C2)c1. The van der Waals surface area contributed by atoms with Crippen LogP contribution < -0.4 is 16.0 Å². The van der Waals surface area contributed by atoms with Crippen LogP contribution in [0.2, 0.25) is 0 Å². The van der Waals surface area contributed by atoms with Gasteiger partial charge in [-0.1, -0.05) is 0 Å². The standard InChI is InChI=1S/C15H24N4O/c1-4-17-15(20)11-5-6-13(16)14(9-11)19-8-7-12(10-19)18(2)3/h5-6,9,12H,4,7-8,10,16H2,1-3H3,(H,17,20). The van der Waals surface area contributed by atoms with Gasteiger partial charge in [-0.05, 0) is 45.6 Å². The molecule has 0 aromatic heterocycles. The largest absolute Gasteiger partial charge is 0.397 e. The minimum absolute atomic E-state index is 0.0443. The van der Waals surface area contributed by atoms with E-state index in [1.54, 1.807) is 6.07 Å². The summed E-state index contributed by atoms with van der Waals surface area (Å²) in [4.78, 5) is 16.4. The Bertz CT molecular complexity index is 487. The number of likely N-dealkylation sites (N-methyl/N-ethyl adjacent to an activating group) is 1. The molecule has 0 radical (unpaired) electrons. The van der Waals surface area contributed by atoms with E-state index >= 15 is 0 Å². The van der Waals surface area contributed by atoms with E-state index in [4.69, 9.17) is 5.73 Å². The molecule has 1 unspecified atom stereocenters. The Morgan fingerprint density at radius 3 is 2.85 bits per heavy atom. The number of nitrogen functional groups attached to an aromatic ring is 1. The second-order valence-electron chi connectivity index (χ2n) is 5.49. The van der Waals surface area contributed by atoms with E-state index in [9.17, 15) is 4.79 Å². The molecule has 20 heavy (non-hydrogen) atoms. The third-order valence-electron chi connectivity index (χ3n) is 3.86. The highest BCUT2D eigenvalue weighted by Gasteiger charge is 2.25. The van der Waals surface area contributed by atoms with Crippen LogP contribution in [0.25, 0.3) is 0 Å². The van der Waals surface area contributed by atoms with Crippen molar-refractivity contribution >= 4 is 17.3 Å². The van der Waals surface area contributed by atoms with E-state index in [2.05, 4.69) is 29.2 Å². The molecule has 1 atom stereocenters. The van der Waals surface area contributed by atoms with Crippen molar-refractivity contribution in [1.82, 2.24) is 10.2 Å². The summed E-state index contributed by atoms with van der Waals surface area (Å²) < 4.78 is 0. The zero-order chi connectivity index (χ0) is 14.7. The zero-order valence-electron chi connectivity index (χ0n) is 12.5. The maximum Gasteiger partial charge on any atom is 0.251 e. The fourth-order valence-electron chi connectivity index (χ4n) is 2.60. The average Bonchev–Trinajstić information content (AvgIpc) is 2.89. The number of hydrogen-bond acceptors (Lipinski definition) is 4. The molecule has 1 aromatic carbocycles. The van der Waals surface area contributed by atoms with Crippen LogP contribution in [-0.4, -0.2) is 50.6 Å². The number of nitrogens with zero attached hydrogens (tertiary/aromatic N) is 2. The van der Waals surface area contributed by atoms with E-state index in [0.717, 1.165) is 30.9 Å². The molecular weight excluding hydrogens is 252 g/mol. The van der Waals surface area contributed by atoms with Crippen molar-refractivity contribution in [2.45, 2.75) is 19.4 Å². The van der Waals surface area contributed by atoms with Gasteiger partial charge in [0.2, 0.25) is 0 Å². The minimum Gasteiger partial charge on any atom is -0.397 e. The van der Waals surface area contributed by atoms with Gasteiger partial charge in [0.25, 0.3) is 5.91 Å². The normalized spacial score (nSPS) is 18.6. The number of rotatable bonds is 4. The van der Waals surface area contributed by atoms with Crippen molar-refractivity contribution in [3.8, 4) is 0 Å². The first kappa shape index (κ1) is 14.7. The number of anilines is 2. The van der Waals surface area contributed by atoms with Crippen molar-refractivity contribution < 1.29 is 4.79 Å². The summed E-state index contributed by atoms with van der Waals surface area (Å²) in [6.45, 7) is 4.48. The summed E-state index contributed by atoms with van der Waals surface area (Å²) in [5.41, 5.74) is 8.45. The van der Waals surface area contributed by atoms with Gasteiger partial charge < -0.3 is 20.9 Å². The number of nitrogens with one attached hydrogen (secondary N) is 1.